The van der Waals surface area contributed by atoms with Crippen molar-refractivity contribution in [1.29, 1.82) is 0 Å². The van der Waals surface area contributed by atoms with Gasteiger partial charge in [0.25, 0.3) is 0 Å². The summed E-state index contributed by atoms with van der Waals surface area (Å²) in [4.78, 5) is 19.2. The van der Waals surface area contributed by atoms with E-state index in [4.69, 9.17) is 4.74 Å². The highest BCUT2D eigenvalue weighted by molar-refractivity contribution is 7.19. The van der Waals surface area contributed by atoms with E-state index in [-0.39, 0.29) is 11.4 Å². The summed E-state index contributed by atoms with van der Waals surface area (Å²) in [5.74, 6) is -0.239. The topological polar surface area (TPSA) is 54.5 Å². The number of rotatable bonds is 3. The molecule has 150 valence electrons. The van der Waals surface area contributed by atoms with E-state index in [2.05, 4.69) is 10.3 Å². The summed E-state index contributed by atoms with van der Waals surface area (Å²) in [5.41, 5.74) is 0.779. The average molecular weight is 419 g/mol. The lowest BCUT2D eigenvalue weighted by Gasteiger charge is -2.20. The fraction of sp³-hybridized carbons (Fsp3) is 0.200. The Bertz CT molecular complexity index is 1050. The summed E-state index contributed by atoms with van der Waals surface area (Å²) in [6.07, 6.45) is -2.43. The fourth-order valence-corrected chi connectivity index (χ4v) is 4.11. The first-order valence-corrected chi connectivity index (χ1v) is 9.56. The summed E-state index contributed by atoms with van der Waals surface area (Å²) in [5, 5.41) is 3.36. The smallest absolute Gasteiger partial charge is 0.420 e. The molecule has 9 heteroatoms. The predicted octanol–water partition coefficient (Wildman–Crippen LogP) is 5.43. The maximum absolute atomic E-state index is 13.3. The second-order valence-electron chi connectivity index (χ2n) is 6.39. The van der Waals surface area contributed by atoms with Crippen molar-refractivity contribution < 1.29 is 22.7 Å². The van der Waals surface area contributed by atoms with Crippen LogP contribution in [-0.4, -0.2) is 24.7 Å². The molecule has 3 heterocycles. The monoisotopic (exact) mass is 419 g/mol. The molecule has 0 spiro atoms. The van der Waals surface area contributed by atoms with Gasteiger partial charge in [-0.3, -0.25) is 15.2 Å². The van der Waals surface area contributed by atoms with Gasteiger partial charge in [0.15, 0.2) is 0 Å². The zero-order valence-electron chi connectivity index (χ0n) is 15.3. The van der Waals surface area contributed by atoms with Gasteiger partial charge in [0.1, 0.15) is 5.75 Å². The minimum absolute atomic E-state index is 0.239. The molecule has 5 nitrogen and oxygen atoms in total. The van der Waals surface area contributed by atoms with Gasteiger partial charge in [0.2, 0.25) is 0 Å². The summed E-state index contributed by atoms with van der Waals surface area (Å²) in [7, 11) is 1.20. The van der Waals surface area contributed by atoms with Crippen LogP contribution in [0.5, 0.6) is 5.75 Å². The lowest BCUT2D eigenvalue weighted by molar-refractivity contribution is -0.138. The molecule has 0 radical (unpaired) electrons. The molecule has 0 unspecified atom stereocenters. The number of ether oxygens (including phenoxy) is 1. The second kappa shape index (κ2) is 7.40. The highest BCUT2D eigenvalue weighted by Crippen LogP contribution is 2.42. The van der Waals surface area contributed by atoms with Crippen LogP contribution in [-0.2, 0) is 12.6 Å². The second-order valence-corrected chi connectivity index (χ2v) is 7.47. The van der Waals surface area contributed by atoms with Gasteiger partial charge >= 0.3 is 12.2 Å². The lowest BCUT2D eigenvalue weighted by Crippen LogP contribution is -2.33. The van der Waals surface area contributed by atoms with Gasteiger partial charge in [0.05, 0.1) is 28.2 Å². The van der Waals surface area contributed by atoms with Gasteiger partial charge in [-0.15, -0.1) is 11.3 Å². The Balaban J connectivity index is 1.57. The Labute approximate surface area is 168 Å². The van der Waals surface area contributed by atoms with Crippen molar-refractivity contribution in [3.8, 4) is 16.3 Å². The third-order valence-electron chi connectivity index (χ3n) is 4.60. The summed E-state index contributed by atoms with van der Waals surface area (Å²) in [6.45, 7) is 0.296. The van der Waals surface area contributed by atoms with Gasteiger partial charge in [-0.2, -0.15) is 13.2 Å². The standard InChI is InChI=1S/C20H16F3N3O2S/c1-28-16-10-12-7-9-26(15(12)11-13(16)20(21,22)23)19(27)25-18-6-5-17(29-18)14-4-2-3-8-24-14/h2-6,8,10-11H,7,9H2,1H3,(H,25,27). The zero-order valence-corrected chi connectivity index (χ0v) is 16.1. The molecule has 0 atom stereocenters. The van der Waals surface area contributed by atoms with E-state index in [1.165, 1.54) is 29.4 Å². The minimum atomic E-state index is -4.57. The molecule has 0 aliphatic carbocycles. The third-order valence-corrected chi connectivity index (χ3v) is 5.62. The molecule has 2 amide bonds. The van der Waals surface area contributed by atoms with Crippen molar-refractivity contribution in [3.05, 3.63) is 59.8 Å². The van der Waals surface area contributed by atoms with Gasteiger partial charge in [-0.05, 0) is 48.4 Å². The molecule has 0 saturated carbocycles. The molecule has 4 rings (SSSR count). The summed E-state index contributed by atoms with van der Waals surface area (Å²) in [6, 6.07) is 11.0. The van der Waals surface area contributed by atoms with Crippen molar-refractivity contribution in [2.24, 2.45) is 0 Å². The SMILES string of the molecule is COc1cc2c(cc1C(F)(F)F)N(C(=O)Nc1ccc(-c3ccccn3)s1)CC2. The number of nitrogens with one attached hydrogen (secondary N) is 1. The number of hydrogen-bond acceptors (Lipinski definition) is 4. The Morgan fingerprint density at radius 2 is 2.07 bits per heavy atom. The van der Waals surface area contributed by atoms with Crippen molar-refractivity contribution >= 4 is 28.1 Å². The zero-order chi connectivity index (χ0) is 20.6. The van der Waals surface area contributed by atoms with Crippen LogP contribution in [0.1, 0.15) is 11.1 Å². The number of amides is 2. The van der Waals surface area contributed by atoms with Crippen molar-refractivity contribution in [2.45, 2.75) is 12.6 Å². The van der Waals surface area contributed by atoms with E-state index in [1.54, 1.807) is 12.3 Å². The first-order chi connectivity index (χ1) is 13.9. The predicted molar refractivity (Wildman–Crippen MR) is 106 cm³/mol. The number of thiophene rings is 1. The van der Waals surface area contributed by atoms with E-state index in [0.29, 0.717) is 23.5 Å². The number of nitrogens with zero attached hydrogens (tertiary/aromatic N) is 2. The highest BCUT2D eigenvalue weighted by Gasteiger charge is 2.37. The molecule has 1 aliphatic heterocycles. The number of halogens is 3. The highest BCUT2D eigenvalue weighted by atomic mass is 32.1. The fourth-order valence-electron chi connectivity index (χ4n) is 3.24. The van der Waals surface area contributed by atoms with Gasteiger partial charge < -0.3 is 4.74 Å². The van der Waals surface area contributed by atoms with E-state index in [1.807, 2.05) is 24.3 Å². The number of carbonyl (C=O) groups excluding carboxylic acids is 1. The normalized spacial score (nSPS) is 13.3. The Hall–Kier alpha value is -3.07. The Morgan fingerprint density at radius 1 is 1.24 bits per heavy atom. The number of hydrogen-bond donors (Lipinski definition) is 1. The quantitative estimate of drug-likeness (QED) is 0.616. The summed E-state index contributed by atoms with van der Waals surface area (Å²) >= 11 is 1.35. The average Bonchev–Trinajstić information content (AvgIpc) is 3.33. The van der Waals surface area contributed by atoms with Crippen molar-refractivity contribution in [1.82, 2.24) is 4.98 Å². The molecule has 0 saturated heterocycles. The van der Waals surface area contributed by atoms with Crippen LogP contribution >= 0.6 is 11.3 Å². The number of benzene rings is 1. The maximum atomic E-state index is 13.3. The number of pyridine rings is 1. The lowest BCUT2D eigenvalue weighted by atomic mass is 10.1. The Morgan fingerprint density at radius 3 is 2.76 bits per heavy atom. The number of methoxy groups -OCH3 is 1. The van der Waals surface area contributed by atoms with Crippen LogP contribution < -0.4 is 15.0 Å². The van der Waals surface area contributed by atoms with Crippen LogP contribution in [0.3, 0.4) is 0 Å². The third kappa shape index (κ3) is 3.77. The van der Waals surface area contributed by atoms with Crippen LogP contribution in [0.2, 0.25) is 0 Å². The molecular weight excluding hydrogens is 403 g/mol. The van der Waals surface area contributed by atoms with Crippen LogP contribution in [0, 0.1) is 0 Å². The van der Waals surface area contributed by atoms with Gasteiger partial charge in [-0.25, -0.2) is 4.79 Å². The van der Waals surface area contributed by atoms with Crippen LogP contribution in [0.15, 0.2) is 48.7 Å². The van der Waals surface area contributed by atoms with E-state index >= 15 is 0 Å². The number of aromatic nitrogens is 1. The number of fused-ring (bicyclic) bond motifs is 1. The Kier molecular flexibility index (Phi) is 4.91. The van der Waals surface area contributed by atoms with Crippen molar-refractivity contribution in [2.75, 3.05) is 23.9 Å². The molecule has 0 fully saturated rings. The maximum Gasteiger partial charge on any atom is 0.420 e. The number of carbonyl (C=O) groups is 1. The molecule has 29 heavy (non-hydrogen) atoms. The molecule has 1 aromatic carbocycles. The number of alkyl halides is 3. The number of urea groups is 1. The van der Waals surface area contributed by atoms with E-state index in [9.17, 15) is 18.0 Å². The largest absolute Gasteiger partial charge is 0.496 e. The molecule has 0 bridgehead atoms. The first kappa shape index (κ1) is 19.3. The molecular formula is C20H16F3N3O2S. The molecule has 2 aromatic heterocycles. The van der Waals surface area contributed by atoms with Crippen LogP contribution in [0.4, 0.5) is 28.7 Å². The molecule has 3 aromatic rings. The summed E-state index contributed by atoms with van der Waals surface area (Å²) < 4.78 is 44.9. The molecule has 1 aliphatic rings. The first-order valence-electron chi connectivity index (χ1n) is 8.74. The minimum Gasteiger partial charge on any atom is -0.496 e. The van der Waals surface area contributed by atoms with Crippen LogP contribution in [0.25, 0.3) is 10.6 Å². The van der Waals surface area contributed by atoms with Gasteiger partial charge in [0, 0.05) is 18.4 Å². The van der Waals surface area contributed by atoms with E-state index < -0.39 is 17.8 Å². The number of anilines is 2. The van der Waals surface area contributed by atoms with E-state index in [0.717, 1.165) is 16.6 Å². The van der Waals surface area contributed by atoms with Gasteiger partial charge in [-0.1, -0.05) is 6.07 Å². The molecule has 1 N–H and O–H groups in total. The van der Waals surface area contributed by atoms with Crippen molar-refractivity contribution in [3.63, 3.8) is 0 Å².